The van der Waals surface area contributed by atoms with Gasteiger partial charge in [0.1, 0.15) is 23.5 Å². The van der Waals surface area contributed by atoms with Crippen molar-refractivity contribution in [2.24, 2.45) is 4.99 Å². The van der Waals surface area contributed by atoms with Crippen molar-refractivity contribution in [2.75, 3.05) is 7.11 Å². The molecule has 3 aromatic carbocycles. The normalized spacial score (nSPS) is 19.1. The minimum Gasteiger partial charge on any atom is -0.508 e. The van der Waals surface area contributed by atoms with Gasteiger partial charge in [0.2, 0.25) is 0 Å². The molecule has 2 N–H and O–H groups in total. The van der Waals surface area contributed by atoms with E-state index in [1.54, 1.807) is 31.4 Å². The molecule has 0 saturated heterocycles. The van der Waals surface area contributed by atoms with Crippen LogP contribution >= 0.6 is 0 Å². The van der Waals surface area contributed by atoms with E-state index >= 15 is 0 Å². The molecule has 0 amide bonds. The Morgan fingerprint density at radius 3 is 2.57 bits per heavy atom. The van der Waals surface area contributed by atoms with E-state index in [4.69, 9.17) is 9.73 Å². The van der Waals surface area contributed by atoms with Crippen molar-refractivity contribution in [3.8, 4) is 11.5 Å². The van der Waals surface area contributed by atoms with E-state index in [2.05, 4.69) is 5.32 Å². The van der Waals surface area contributed by atoms with Crippen molar-refractivity contribution in [2.45, 2.75) is 18.6 Å². The summed E-state index contributed by atoms with van der Waals surface area (Å²) in [5, 5.41) is 13.8. The summed E-state index contributed by atoms with van der Waals surface area (Å²) >= 11 is 0. The van der Waals surface area contributed by atoms with E-state index in [1.165, 1.54) is 12.1 Å². The van der Waals surface area contributed by atoms with Crippen LogP contribution in [-0.4, -0.2) is 17.9 Å². The van der Waals surface area contributed by atoms with Gasteiger partial charge in [-0.1, -0.05) is 42.5 Å². The Labute approximate surface area is 163 Å². The van der Waals surface area contributed by atoms with Crippen LogP contribution in [0.1, 0.15) is 35.3 Å². The lowest BCUT2D eigenvalue weighted by Crippen LogP contribution is -2.33. The maximum Gasteiger partial charge on any atom is 0.126 e. The van der Waals surface area contributed by atoms with Crippen LogP contribution in [0.3, 0.4) is 0 Å². The Bertz CT molecular complexity index is 1000. The summed E-state index contributed by atoms with van der Waals surface area (Å²) in [5.41, 5.74) is 3.54. The number of rotatable bonds is 4. The molecule has 4 rings (SSSR count). The highest BCUT2D eigenvalue weighted by molar-refractivity contribution is 6.02. The highest BCUT2D eigenvalue weighted by atomic mass is 19.1. The predicted molar refractivity (Wildman–Crippen MR) is 107 cm³/mol. The number of halogens is 1. The SMILES string of the molecule is COc1cccc(C2=NC(c3ccc(F)cc3)NC(c3ccccc3O)C2)c1. The first-order valence-electron chi connectivity index (χ1n) is 9.14. The number of hydrogen-bond donors (Lipinski definition) is 2. The van der Waals surface area contributed by atoms with E-state index in [0.717, 1.165) is 28.2 Å². The van der Waals surface area contributed by atoms with Gasteiger partial charge in [0.25, 0.3) is 0 Å². The smallest absolute Gasteiger partial charge is 0.126 e. The molecule has 0 spiro atoms. The maximum absolute atomic E-state index is 13.4. The van der Waals surface area contributed by atoms with Gasteiger partial charge in [-0.15, -0.1) is 0 Å². The zero-order chi connectivity index (χ0) is 19.5. The Hall–Kier alpha value is -3.18. The van der Waals surface area contributed by atoms with Crippen LogP contribution in [0, 0.1) is 5.82 Å². The molecular formula is C23H21FN2O2. The summed E-state index contributed by atoms with van der Waals surface area (Å²) in [6.07, 6.45) is 0.266. The fourth-order valence-corrected chi connectivity index (χ4v) is 3.48. The van der Waals surface area contributed by atoms with Gasteiger partial charge in [0, 0.05) is 23.7 Å². The first kappa shape index (κ1) is 18.2. The van der Waals surface area contributed by atoms with Gasteiger partial charge in [0.05, 0.1) is 7.11 Å². The number of hydrogen-bond acceptors (Lipinski definition) is 4. The average molecular weight is 376 g/mol. The van der Waals surface area contributed by atoms with E-state index in [-0.39, 0.29) is 23.8 Å². The highest BCUT2D eigenvalue weighted by Gasteiger charge is 2.27. The third-order valence-corrected chi connectivity index (χ3v) is 4.94. The average Bonchev–Trinajstić information content (AvgIpc) is 2.74. The second-order valence-corrected chi connectivity index (χ2v) is 6.74. The molecule has 4 nitrogen and oxygen atoms in total. The number of nitrogens with zero attached hydrogens (tertiary/aromatic N) is 1. The molecule has 0 bridgehead atoms. The van der Waals surface area contributed by atoms with Gasteiger partial charge >= 0.3 is 0 Å². The van der Waals surface area contributed by atoms with Gasteiger partial charge in [-0.2, -0.15) is 0 Å². The predicted octanol–water partition coefficient (Wildman–Crippen LogP) is 4.76. The molecule has 2 unspecified atom stereocenters. The Morgan fingerprint density at radius 2 is 1.82 bits per heavy atom. The van der Waals surface area contributed by atoms with Crippen molar-refractivity contribution in [3.63, 3.8) is 0 Å². The monoisotopic (exact) mass is 376 g/mol. The summed E-state index contributed by atoms with van der Waals surface area (Å²) in [4.78, 5) is 4.88. The van der Waals surface area contributed by atoms with E-state index in [1.807, 2.05) is 36.4 Å². The van der Waals surface area contributed by atoms with Crippen LogP contribution in [0.25, 0.3) is 0 Å². The number of aliphatic imine (C=N–C) groups is 1. The number of ether oxygens (including phenoxy) is 1. The van der Waals surface area contributed by atoms with Crippen molar-refractivity contribution in [3.05, 3.63) is 95.3 Å². The molecule has 28 heavy (non-hydrogen) atoms. The van der Waals surface area contributed by atoms with Crippen LogP contribution in [0.2, 0.25) is 0 Å². The fourth-order valence-electron chi connectivity index (χ4n) is 3.48. The zero-order valence-electron chi connectivity index (χ0n) is 15.5. The number of phenols is 1. The number of benzene rings is 3. The Balaban J connectivity index is 1.76. The fraction of sp³-hybridized carbons (Fsp3) is 0.174. The minimum absolute atomic E-state index is 0.130. The van der Waals surface area contributed by atoms with Gasteiger partial charge in [-0.25, -0.2) is 4.39 Å². The molecule has 0 aromatic heterocycles. The van der Waals surface area contributed by atoms with Crippen LogP contribution < -0.4 is 10.1 Å². The van der Waals surface area contributed by atoms with Crippen LogP contribution in [-0.2, 0) is 0 Å². The molecule has 142 valence electrons. The quantitative estimate of drug-likeness (QED) is 0.690. The van der Waals surface area contributed by atoms with Crippen molar-refractivity contribution in [1.82, 2.24) is 5.32 Å². The van der Waals surface area contributed by atoms with Crippen molar-refractivity contribution < 1.29 is 14.2 Å². The molecule has 1 heterocycles. The first-order chi connectivity index (χ1) is 13.6. The van der Waals surface area contributed by atoms with E-state index in [9.17, 15) is 9.50 Å². The molecule has 1 aliphatic heterocycles. The molecule has 3 aromatic rings. The molecule has 0 saturated carbocycles. The molecule has 2 atom stereocenters. The second kappa shape index (κ2) is 7.82. The third kappa shape index (κ3) is 3.75. The number of nitrogens with one attached hydrogen (secondary N) is 1. The number of methoxy groups -OCH3 is 1. The molecule has 1 aliphatic rings. The molecular weight excluding hydrogens is 355 g/mol. The number of phenolic OH excluding ortho intramolecular Hbond substituents is 1. The largest absolute Gasteiger partial charge is 0.508 e. The Kier molecular flexibility index (Phi) is 5.08. The summed E-state index contributed by atoms with van der Waals surface area (Å²) < 4.78 is 18.7. The summed E-state index contributed by atoms with van der Waals surface area (Å²) in [5.74, 6) is 0.717. The topological polar surface area (TPSA) is 53.8 Å². The standard InChI is InChI=1S/C23H21FN2O2/c1-28-18-6-4-5-16(13-18)20-14-21(19-7-2-3-8-22(19)27)26-23(25-20)15-9-11-17(24)12-10-15/h2-13,21,23,26-27H,14H2,1H3. The molecule has 0 fully saturated rings. The zero-order valence-corrected chi connectivity index (χ0v) is 15.5. The molecule has 5 heteroatoms. The Morgan fingerprint density at radius 1 is 1.04 bits per heavy atom. The summed E-state index contributed by atoms with van der Waals surface area (Å²) in [7, 11) is 1.63. The van der Waals surface area contributed by atoms with Gasteiger partial charge in [-0.05, 0) is 41.5 Å². The lowest BCUT2D eigenvalue weighted by molar-refractivity contribution is 0.410. The minimum atomic E-state index is -0.347. The van der Waals surface area contributed by atoms with E-state index < -0.39 is 0 Å². The summed E-state index contributed by atoms with van der Waals surface area (Å²) in [6, 6.07) is 21.3. The first-order valence-corrected chi connectivity index (χ1v) is 9.14. The second-order valence-electron chi connectivity index (χ2n) is 6.74. The third-order valence-electron chi connectivity index (χ3n) is 4.94. The number of para-hydroxylation sites is 1. The molecule has 0 radical (unpaired) electrons. The van der Waals surface area contributed by atoms with Crippen LogP contribution in [0.4, 0.5) is 4.39 Å². The summed E-state index contributed by atoms with van der Waals surface area (Å²) in [6.45, 7) is 0. The van der Waals surface area contributed by atoms with Gasteiger partial charge < -0.3 is 9.84 Å². The van der Waals surface area contributed by atoms with Crippen LogP contribution in [0.15, 0.2) is 77.8 Å². The molecule has 0 aliphatic carbocycles. The lowest BCUT2D eigenvalue weighted by atomic mass is 9.93. The van der Waals surface area contributed by atoms with E-state index in [0.29, 0.717) is 6.42 Å². The van der Waals surface area contributed by atoms with Crippen molar-refractivity contribution in [1.29, 1.82) is 0 Å². The lowest BCUT2D eigenvalue weighted by Gasteiger charge is -2.31. The van der Waals surface area contributed by atoms with Crippen LogP contribution in [0.5, 0.6) is 11.5 Å². The number of aromatic hydroxyl groups is 1. The maximum atomic E-state index is 13.4. The van der Waals surface area contributed by atoms with Crippen molar-refractivity contribution >= 4 is 5.71 Å². The van der Waals surface area contributed by atoms with Gasteiger partial charge in [-0.3, -0.25) is 10.3 Å². The highest BCUT2D eigenvalue weighted by Crippen LogP contribution is 2.34. The van der Waals surface area contributed by atoms with Gasteiger partial charge in [0.15, 0.2) is 0 Å².